The molecule has 0 unspecified atom stereocenters. The SMILES string of the molecule is Cc1ccc(NN2C(=O)[C@@H]3C[C@@H]4C(=CC[C@@H]5C(=O)N(c6ccc(Br)cc6)C(=O)[C@@H]54)[C@H](c4cc(Cl)ccc4O)[C@]3(c3ccccc3)C2=O)cc1. The number of nitrogens with one attached hydrogen (secondary N) is 1. The van der Waals surface area contributed by atoms with Gasteiger partial charge >= 0.3 is 0 Å². The van der Waals surface area contributed by atoms with Gasteiger partial charge in [-0.15, -0.1) is 0 Å². The van der Waals surface area contributed by atoms with E-state index in [1.54, 1.807) is 48.5 Å². The van der Waals surface area contributed by atoms with Crippen LogP contribution in [0.25, 0.3) is 0 Å². The first-order valence-corrected chi connectivity index (χ1v) is 17.4. The number of carbonyl (C=O) groups is 4. The molecule has 2 saturated heterocycles. The Hall–Kier alpha value is -4.73. The third-order valence-corrected chi connectivity index (χ3v) is 11.5. The first kappa shape index (κ1) is 31.5. The summed E-state index contributed by atoms with van der Waals surface area (Å²) < 4.78 is 0.818. The number of amides is 4. The number of fused-ring (bicyclic) bond motifs is 4. The molecule has 4 aromatic rings. The number of rotatable bonds is 5. The van der Waals surface area contributed by atoms with Crippen molar-refractivity contribution in [1.29, 1.82) is 0 Å². The van der Waals surface area contributed by atoms with Crippen molar-refractivity contribution in [3.8, 4) is 5.75 Å². The highest BCUT2D eigenvalue weighted by molar-refractivity contribution is 9.10. The second kappa shape index (κ2) is 11.7. The van der Waals surface area contributed by atoms with E-state index >= 15 is 4.79 Å². The number of halogens is 2. The smallest absolute Gasteiger partial charge is 0.260 e. The monoisotopic (exact) mass is 735 g/mol. The predicted molar refractivity (Wildman–Crippen MR) is 189 cm³/mol. The number of imide groups is 2. The Kier molecular flexibility index (Phi) is 7.53. The van der Waals surface area contributed by atoms with Crippen LogP contribution in [0.2, 0.25) is 5.02 Å². The Morgan fingerprint density at radius 1 is 0.857 bits per heavy atom. The van der Waals surface area contributed by atoms with E-state index in [9.17, 15) is 19.5 Å². The van der Waals surface area contributed by atoms with Crippen LogP contribution in [0, 0.1) is 30.6 Å². The molecule has 8 nitrogen and oxygen atoms in total. The first-order chi connectivity index (χ1) is 23.6. The van der Waals surface area contributed by atoms with Gasteiger partial charge in [0.2, 0.25) is 11.8 Å². The van der Waals surface area contributed by atoms with Gasteiger partial charge in [0.1, 0.15) is 5.75 Å². The van der Waals surface area contributed by atoms with Gasteiger partial charge < -0.3 is 5.11 Å². The summed E-state index contributed by atoms with van der Waals surface area (Å²) in [7, 11) is 0. The van der Waals surface area contributed by atoms with E-state index in [1.807, 2.05) is 55.5 Å². The van der Waals surface area contributed by atoms with Crippen molar-refractivity contribution >= 4 is 62.5 Å². The molecule has 2 heterocycles. The maximum Gasteiger partial charge on any atom is 0.260 e. The van der Waals surface area contributed by atoms with Crippen LogP contribution in [0.4, 0.5) is 11.4 Å². The lowest BCUT2D eigenvalue weighted by Gasteiger charge is -2.50. The standard InChI is InChI=1S/C39H31BrClN3O5/c1-21-7-12-25(13-8-21)42-44-36(47)31-20-29-27(16-17-28-33(29)37(48)43(35(28)46)26-14-9-23(40)10-15-26)34(30-19-24(41)11-18-32(30)45)39(31,38(44)49)22-5-3-2-4-6-22/h2-16,18-19,28-29,31,33-34,42,45H,17,20H2,1H3/t28-,29+,31-,33-,34+,39+/m0/s1. The Morgan fingerprint density at radius 2 is 1.57 bits per heavy atom. The fourth-order valence-corrected chi connectivity index (χ4v) is 9.14. The predicted octanol–water partition coefficient (Wildman–Crippen LogP) is 7.31. The van der Waals surface area contributed by atoms with E-state index in [2.05, 4.69) is 21.4 Å². The van der Waals surface area contributed by atoms with E-state index in [0.717, 1.165) is 20.6 Å². The summed E-state index contributed by atoms with van der Waals surface area (Å²) in [5.74, 6) is -5.36. The van der Waals surface area contributed by atoms with Crippen molar-refractivity contribution in [2.24, 2.45) is 23.7 Å². The minimum Gasteiger partial charge on any atom is -0.508 e. The zero-order valence-electron chi connectivity index (χ0n) is 26.3. The fraction of sp³-hybridized carbons (Fsp3) is 0.231. The molecule has 6 atom stereocenters. The molecule has 4 amide bonds. The largest absolute Gasteiger partial charge is 0.508 e. The van der Waals surface area contributed by atoms with Crippen LogP contribution >= 0.6 is 27.5 Å². The first-order valence-electron chi connectivity index (χ1n) is 16.2. The van der Waals surface area contributed by atoms with Gasteiger partial charge in [-0.05, 0) is 85.8 Å². The minimum atomic E-state index is -1.50. The molecule has 1 saturated carbocycles. The molecule has 3 fully saturated rings. The second-order valence-corrected chi connectivity index (χ2v) is 14.6. The van der Waals surface area contributed by atoms with Crippen molar-refractivity contribution in [1.82, 2.24) is 5.01 Å². The van der Waals surface area contributed by atoms with Crippen LogP contribution in [-0.2, 0) is 24.6 Å². The number of benzene rings is 4. The van der Waals surface area contributed by atoms with Crippen LogP contribution in [0.3, 0.4) is 0 Å². The number of nitrogens with zero attached hydrogens (tertiary/aromatic N) is 2. The highest BCUT2D eigenvalue weighted by Crippen LogP contribution is 2.65. The van der Waals surface area contributed by atoms with Crippen molar-refractivity contribution in [2.75, 3.05) is 10.3 Å². The van der Waals surface area contributed by atoms with Gasteiger partial charge in [-0.1, -0.05) is 87.2 Å². The fourth-order valence-electron chi connectivity index (χ4n) is 8.69. The summed E-state index contributed by atoms with van der Waals surface area (Å²) in [5.41, 5.74) is 5.40. The molecule has 4 aromatic carbocycles. The van der Waals surface area contributed by atoms with E-state index in [0.29, 0.717) is 27.5 Å². The Balaban J connectivity index is 1.33. The Labute approximate surface area is 296 Å². The molecule has 246 valence electrons. The lowest BCUT2D eigenvalue weighted by molar-refractivity contribution is -0.138. The number of hydrazine groups is 1. The van der Waals surface area contributed by atoms with Gasteiger partial charge in [-0.2, -0.15) is 5.01 Å². The number of phenols is 1. The zero-order chi connectivity index (χ0) is 34.2. The van der Waals surface area contributed by atoms with Crippen molar-refractivity contribution in [2.45, 2.75) is 31.1 Å². The molecule has 0 spiro atoms. The summed E-state index contributed by atoms with van der Waals surface area (Å²) >= 11 is 10.00. The van der Waals surface area contributed by atoms with Gasteiger partial charge in [0.25, 0.3) is 11.8 Å². The van der Waals surface area contributed by atoms with Crippen molar-refractivity contribution < 1.29 is 24.3 Å². The van der Waals surface area contributed by atoms with Crippen LogP contribution in [-0.4, -0.2) is 33.7 Å². The van der Waals surface area contributed by atoms with Crippen LogP contribution in [0.15, 0.2) is 113 Å². The van der Waals surface area contributed by atoms with E-state index in [-0.39, 0.29) is 30.4 Å². The summed E-state index contributed by atoms with van der Waals surface area (Å²) in [5, 5.41) is 12.9. The molecule has 2 aliphatic heterocycles. The maximum absolute atomic E-state index is 15.2. The summed E-state index contributed by atoms with van der Waals surface area (Å²) in [4.78, 5) is 59.5. The van der Waals surface area contributed by atoms with Crippen molar-refractivity contribution in [3.63, 3.8) is 0 Å². The normalized spacial score (nSPS) is 27.5. The van der Waals surface area contributed by atoms with E-state index in [4.69, 9.17) is 11.6 Å². The Bertz CT molecular complexity index is 2070. The number of anilines is 2. The highest BCUT2D eigenvalue weighted by Gasteiger charge is 2.70. The van der Waals surface area contributed by atoms with Gasteiger partial charge in [-0.25, -0.2) is 0 Å². The van der Waals surface area contributed by atoms with Crippen LogP contribution in [0.5, 0.6) is 5.75 Å². The molecule has 2 aliphatic carbocycles. The van der Waals surface area contributed by atoms with E-state index < -0.39 is 46.8 Å². The van der Waals surface area contributed by atoms with Gasteiger partial charge in [0, 0.05) is 21.0 Å². The molecule has 8 rings (SSSR count). The molecular weight excluding hydrogens is 706 g/mol. The van der Waals surface area contributed by atoms with Gasteiger partial charge in [0.15, 0.2) is 0 Å². The Morgan fingerprint density at radius 3 is 2.29 bits per heavy atom. The molecule has 4 aliphatic rings. The molecule has 10 heteroatoms. The van der Waals surface area contributed by atoms with Crippen molar-refractivity contribution in [3.05, 3.63) is 135 Å². The number of hydrogen-bond donors (Lipinski definition) is 2. The zero-order valence-corrected chi connectivity index (χ0v) is 28.7. The number of allylic oxidation sites excluding steroid dienone is 2. The molecule has 0 aromatic heterocycles. The molecule has 49 heavy (non-hydrogen) atoms. The molecule has 0 bridgehead atoms. The van der Waals surface area contributed by atoms with Gasteiger partial charge in [0.05, 0.1) is 34.5 Å². The van der Waals surface area contributed by atoms with Crippen LogP contribution in [0.1, 0.15) is 35.4 Å². The number of aryl methyl sites for hydroxylation is 1. The number of carbonyl (C=O) groups excluding carboxylic acids is 4. The molecular formula is C39H31BrClN3O5. The second-order valence-electron chi connectivity index (χ2n) is 13.3. The quantitative estimate of drug-likeness (QED) is 0.165. The van der Waals surface area contributed by atoms with Gasteiger partial charge in [-0.3, -0.25) is 29.5 Å². The average molecular weight is 737 g/mol. The third kappa shape index (κ3) is 4.70. The maximum atomic E-state index is 15.2. The third-order valence-electron chi connectivity index (χ3n) is 10.8. The van der Waals surface area contributed by atoms with E-state index in [1.165, 1.54) is 11.0 Å². The average Bonchev–Trinajstić information content (AvgIpc) is 3.48. The summed E-state index contributed by atoms with van der Waals surface area (Å²) in [6, 6.07) is 28.3. The van der Waals surface area contributed by atoms with Crippen LogP contribution < -0.4 is 10.3 Å². The number of hydrogen-bond acceptors (Lipinski definition) is 6. The molecule has 0 radical (unpaired) electrons. The number of aromatic hydroxyl groups is 1. The number of phenolic OH excluding ortho intramolecular Hbond substituents is 1. The lowest BCUT2D eigenvalue weighted by Crippen LogP contribution is -2.53. The summed E-state index contributed by atoms with van der Waals surface area (Å²) in [6.07, 6.45) is 2.39. The summed E-state index contributed by atoms with van der Waals surface area (Å²) in [6.45, 7) is 1.95. The lowest BCUT2D eigenvalue weighted by atomic mass is 9.49. The topological polar surface area (TPSA) is 107 Å². The minimum absolute atomic E-state index is 0.0809. The molecule has 2 N–H and O–H groups in total. The highest BCUT2D eigenvalue weighted by atomic mass is 79.9.